The van der Waals surface area contributed by atoms with Crippen molar-refractivity contribution >= 4 is 138 Å². The maximum absolute atomic E-state index is 15.3. The normalized spacial score (nSPS) is 21.3. The van der Waals surface area contributed by atoms with E-state index in [-0.39, 0.29) is 44.5 Å². The summed E-state index contributed by atoms with van der Waals surface area (Å²) in [7, 11) is 1.43. The summed E-state index contributed by atoms with van der Waals surface area (Å²) < 4.78 is 0. The molecule has 2 fully saturated rings. The monoisotopic (exact) mass is 1600 g/mol. The first-order valence-corrected chi connectivity index (χ1v) is 38.8. The number of hydrogen-bond donors (Lipinski definition) is 20. The Kier molecular flexibility index (Phi) is 31.3. The van der Waals surface area contributed by atoms with Crippen LogP contribution in [0, 0.1) is 5.92 Å². The number of imidazole rings is 1. The zero-order valence-electron chi connectivity index (χ0n) is 62.2. The number of aromatic nitrogens is 4. The number of amides is 15. The number of benzene rings is 3. The molecule has 606 valence electrons. The molecule has 14 atom stereocenters. The lowest BCUT2D eigenvalue weighted by Gasteiger charge is -2.30. The van der Waals surface area contributed by atoms with Crippen molar-refractivity contribution in [1.82, 2.24) is 83.3 Å². The van der Waals surface area contributed by atoms with Crippen molar-refractivity contribution < 1.29 is 86.9 Å². The molecule has 2 aliphatic rings. The Bertz CT molecular complexity index is 4480. The predicted octanol–water partition coefficient (Wildman–Crippen LogP) is -4.02. The van der Waals surface area contributed by atoms with Crippen LogP contribution in [-0.4, -0.2) is 226 Å². The van der Waals surface area contributed by atoms with E-state index >= 15 is 24.0 Å². The molecule has 0 saturated carbocycles. The number of aliphatic hydroxyl groups excluding tert-OH is 1. The van der Waals surface area contributed by atoms with E-state index in [1.165, 1.54) is 37.5 Å². The number of carbonyl (C=O) groups is 16. The molecule has 3 aromatic carbocycles. The molecule has 38 nitrogen and oxygen atoms in total. The molecule has 0 aliphatic carbocycles. The number of aliphatic carboxylic acids is 1. The fourth-order valence-corrected chi connectivity index (χ4v) is 15.2. The van der Waals surface area contributed by atoms with Gasteiger partial charge in [-0.25, -0.2) is 4.98 Å². The molecule has 8 rings (SSSR count). The summed E-state index contributed by atoms with van der Waals surface area (Å²) in [6.45, 7) is 5.76. The molecule has 3 aromatic heterocycles. The largest absolute Gasteiger partial charge is 0.481 e. The highest BCUT2D eigenvalue weighted by Crippen LogP contribution is 2.27. The number of nitrogens with zero attached hydrogens (tertiary/aromatic N) is 2. The Morgan fingerprint density at radius 1 is 0.593 bits per heavy atom. The van der Waals surface area contributed by atoms with Gasteiger partial charge in [0.2, 0.25) is 88.6 Å². The molecule has 0 radical (unpaired) electrons. The summed E-state index contributed by atoms with van der Waals surface area (Å²) in [5.41, 5.74) is 26.6. The van der Waals surface area contributed by atoms with Crippen LogP contribution < -0.4 is 81.4 Å². The van der Waals surface area contributed by atoms with Crippen molar-refractivity contribution in [1.29, 1.82) is 0 Å². The lowest BCUT2D eigenvalue weighted by atomic mass is 9.97. The second kappa shape index (κ2) is 40.9. The molecule has 2 aliphatic heterocycles. The quantitative estimate of drug-likeness (QED) is 0.0199. The molecule has 2 saturated heterocycles. The topological polar surface area (TPSA) is 613 Å². The minimum Gasteiger partial charge on any atom is -0.481 e. The molecular weight excluding hydrogens is 1510 g/mol. The lowest BCUT2D eigenvalue weighted by molar-refractivity contribution is -0.142. The fourth-order valence-electron chi connectivity index (χ4n) is 12.9. The number of aromatic amines is 3. The maximum Gasteiger partial charge on any atom is 0.305 e. The van der Waals surface area contributed by atoms with Gasteiger partial charge in [-0.1, -0.05) is 103 Å². The maximum atomic E-state index is 15.3. The second-order valence-electron chi connectivity index (χ2n) is 27.6. The van der Waals surface area contributed by atoms with Crippen LogP contribution in [0.1, 0.15) is 94.2 Å². The summed E-state index contributed by atoms with van der Waals surface area (Å²) >= 11 is 0. The Morgan fingerprint density at radius 3 is 1.68 bits per heavy atom. The third-order valence-corrected chi connectivity index (χ3v) is 21.5. The van der Waals surface area contributed by atoms with Crippen LogP contribution in [0.25, 0.3) is 21.8 Å². The highest BCUT2D eigenvalue weighted by atomic mass is 33.1. The van der Waals surface area contributed by atoms with E-state index in [1.54, 1.807) is 85.9 Å². The van der Waals surface area contributed by atoms with Crippen molar-refractivity contribution in [3.63, 3.8) is 0 Å². The number of fused-ring (bicyclic) bond motifs is 2. The zero-order chi connectivity index (χ0) is 82.3. The minimum atomic E-state index is -2.10. The first kappa shape index (κ1) is 86.7. The average molecular weight is 1600 g/mol. The zero-order valence-corrected chi connectivity index (χ0v) is 63.8. The van der Waals surface area contributed by atoms with Crippen LogP contribution in [0.3, 0.4) is 0 Å². The molecule has 5 heterocycles. The average Bonchev–Trinajstić information content (AvgIpc) is 1.69. The predicted molar refractivity (Wildman–Crippen MR) is 411 cm³/mol. The van der Waals surface area contributed by atoms with Crippen LogP contribution in [0.5, 0.6) is 0 Å². The molecule has 24 N–H and O–H groups in total. The Morgan fingerprint density at radius 2 is 1.12 bits per heavy atom. The van der Waals surface area contributed by atoms with E-state index < -0.39 is 223 Å². The molecule has 0 unspecified atom stereocenters. The number of primary amides is 3. The highest BCUT2D eigenvalue weighted by molar-refractivity contribution is 8.76. The van der Waals surface area contributed by atoms with Gasteiger partial charge in [0.15, 0.2) is 0 Å². The van der Waals surface area contributed by atoms with E-state index in [1.807, 2.05) is 0 Å². The van der Waals surface area contributed by atoms with Crippen LogP contribution in [0.15, 0.2) is 97.7 Å². The summed E-state index contributed by atoms with van der Waals surface area (Å²) in [5, 5.41) is 50.1. The Labute approximate surface area is 654 Å². The van der Waals surface area contributed by atoms with Gasteiger partial charge in [0.05, 0.1) is 31.7 Å². The van der Waals surface area contributed by atoms with Crippen molar-refractivity contribution in [2.24, 2.45) is 28.9 Å². The van der Waals surface area contributed by atoms with Crippen LogP contribution in [0.4, 0.5) is 0 Å². The number of carboxylic acid groups (broad SMARTS) is 1. The van der Waals surface area contributed by atoms with E-state index in [4.69, 9.17) is 22.9 Å². The van der Waals surface area contributed by atoms with Gasteiger partial charge in [-0.2, -0.15) is 0 Å². The van der Waals surface area contributed by atoms with Gasteiger partial charge in [0.25, 0.3) is 0 Å². The van der Waals surface area contributed by atoms with Gasteiger partial charge in [-0.05, 0) is 60.1 Å². The van der Waals surface area contributed by atoms with Gasteiger partial charge in [-0.3, -0.25) is 76.7 Å². The number of nitrogens with two attached hydrogens (primary N) is 4. The number of aliphatic hydroxyl groups is 1. The SMILES string of the molecule is CC[C@H](C)[C@H](NC(=O)[C@@H](NC(=O)[C@H](Cc1ccc(CN)cc1)NC(C)=O)[C@@H](C)O)C(=O)N[C@H]1CSSC[C@@H](C(=O)N[C@@H](Cc2c[nH]c3ccccc23)C(=O)N2CCC[C@H]2C(N)=O)NC(=O)[C@H](CC(=O)O)NC(=O)[C@H](Cc2cnc[nH]2)NC(=O)[C@H](Cc2c[nH]c3ccccc23)NC(=O)[C@H](CC(N)=O)NC(=O)[C@H](CC(N)=O)NC1=O. The van der Waals surface area contributed by atoms with Gasteiger partial charge >= 0.3 is 5.97 Å². The summed E-state index contributed by atoms with van der Waals surface area (Å²) in [6.07, 6.45) is 0.246. The lowest BCUT2D eigenvalue weighted by Crippen LogP contribution is -2.63. The number of rotatable bonds is 29. The molecule has 0 bridgehead atoms. The highest BCUT2D eigenvalue weighted by Gasteiger charge is 2.42. The van der Waals surface area contributed by atoms with Gasteiger partial charge in [0, 0.05) is 103 Å². The third kappa shape index (κ3) is 24.5. The van der Waals surface area contributed by atoms with Crippen molar-refractivity contribution in [2.75, 3.05) is 18.1 Å². The Hall–Kier alpha value is -11.9. The number of nitrogens with one attached hydrogen (secondary N) is 14. The van der Waals surface area contributed by atoms with E-state index in [2.05, 4.69) is 78.4 Å². The van der Waals surface area contributed by atoms with E-state index in [0.29, 0.717) is 55.7 Å². The number of likely N-dealkylation sites (tertiary alicyclic amines) is 1. The smallest absolute Gasteiger partial charge is 0.305 e. The second-order valence-corrected chi connectivity index (χ2v) is 30.1. The standard InChI is InChI=1S/C73H94N20O18S2/c1-5-35(2)60(91-72(110)61(36(3)94)92-68(106)47(82-37(4)95)21-38-16-18-39(28-74)19-17-38)71(109)90-55-33-113-112-32-54(70(108)88-53(73(111)93-20-10-15-56(93)62(77)100)23-41-30-80-46-14-9-7-12-44(41)46)89-67(105)52(27-59(98)99)87-64(102)49(24-42-31-78-34-81-42)84-63(101)48(22-40-29-79-45-13-8-6-11-43(40)45)83-65(103)50(25-57(75)96)85-66(104)51(26-58(76)97)86-69(55)107/h6-9,11-14,16-19,29-31,34-36,47-56,60-61,79-80,94H,5,10,15,20-28,32-33,74H2,1-4H3,(H2,75,96)(H2,76,97)(H2,77,100)(H,78,81)(H,82,95)(H,83,103)(H,84,101)(H,85,104)(H,86,107)(H,87,102)(H,88,108)(H,89,105)(H,90,109)(H,91,110)(H,92,106)(H,98,99)/t35-,36+,47-,48-,49-,50-,51-,52-,53-,54-,55-,56-,60-,61-/m0/s1. The first-order chi connectivity index (χ1) is 53.8. The molecular formula is C73H94N20O18S2. The van der Waals surface area contributed by atoms with Gasteiger partial charge in [-0.15, -0.1) is 0 Å². The van der Waals surface area contributed by atoms with Crippen molar-refractivity contribution in [3.05, 3.63) is 126 Å². The van der Waals surface area contributed by atoms with Crippen LogP contribution >= 0.6 is 21.6 Å². The van der Waals surface area contributed by atoms with E-state index in [0.717, 1.165) is 23.3 Å². The number of H-pyrrole nitrogens is 3. The third-order valence-electron chi connectivity index (χ3n) is 19.1. The summed E-state index contributed by atoms with van der Waals surface area (Å²) in [6, 6.07) is -0.342. The first-order valence-electron chi connectivity index (χ1n) is 36.3. The van der Waals surface area contributed by atoms with Crippen LogP contribution in [-0.2, 0) is 109 Å². The van der Waals surface area contributed by atoms with E-state index in [9.17, 15) is 63.0 Å². The molecule has 40 heteroatoms. The molecule has 113 heavy (non-hydrogen) atoms. The number of carbonyl (C=O) groups excluding carboxylic acids is 15. The summed E-state index contributed by atoms with van der Waals surface area (Å²) in [4.78, 5) is 241. The Balaban J connectivity index is 1.19. The van der Waals surface area contributed by atoms with Crippen molar-refractivity contribution in [3.8, 4) is 0 Å². The molecule has 15 amide bonds. The number of carboxylic acids is 1. The summed E-state index contributed by atoms with van der Waals surface area (Å²) in [5.74, 6) is -20.2. The number of hydrogen-bond acceptors (Lipinski definition) is 21. The van der Waals surface area contributed by atoms with Gasteiger partial charge < -0.3 is 111 Å². The minimum absolute atomic E-state index is 0.0472. The van der Waals surface area contributed by atoms with Crippen molar-refractivity contribution in [2.45, 2.75) is 177 Å². The van der Waals surface area contributed by atoms with Gasteiger partial charge in [0.1, 0.15) is 72.5 Å². The van der Waals surface area contributed by atoms with Crippen LogP contribution in [0.2, 0.25) is 0 Å². The number of para-hydroxylation sites is 2. The molecule has 6 aromatic rings. The molecule has 0 spiro atoms. The fraction of sp³-hybridized carbons (Fsp3) is 0.438.